The summed E-state index contributed by atoms with van der Waals surface area (Å²) in [6, 6.07) is 17.0. The molecule has 0 amide bonds. The number of rotatable bonds is 6. The first-order chi connectivity index (χ1) is 15.1. The summed E-state index contributed by atoms with van der Waals surface area (Å²) in [4.78, 5) is 26.7. The normalized spacial score (nSPS) is 13.6. The van der Waals surface area contributed by atoms with Gasteiger partial charge in [0.15, 0.2) is 0 Å². The van der Waals surface area contributed by atoms with Crippen molar-refractivity contribution in [2.45, 2.75) is 6.92 Å². The third-order valence-corrected chi connectivity index (χ3v) is 4.57. The summed E-state index contributed by atoms with van der Waals surface area (Å²) in [6.07, 6.45) is 6.60. The second kappa shape index (κ2) is 10.1. The molecule has 0 atom stereocenters. The highest BCUT2D eigenvalue weighted by Crippen LogP contribution is 2.29. The number of benzene rings is 2. The quantitative estimate of drug-likeness (QED) is 0.435. The van der Waals surface area contributed by atoms with Crippen molar-refractivity contribution in [2.75, 3.05) is 24.5 Å². The van der Waals surface area contributed by atoms with E-state index in [1.54, 1.807) is 23.3 Å². The van der Waals surface area contributed by atoms with Gasteiger partial charge in [-0.25, -0.2) is 9.59 Å². The van der Waals surface area contributed by atoms with Gasteiger partial charge in [0.25, 0.3) is 0 Å². The summed E-state index contributed by atoms with van der Waals surface area (Å²) in [5, 5.41) is 4.48. The van der Waals surface area contributed by atoms with E-state index in [0.29, 0.717) is 11.4 Å². The largest absolute Gasteiger partial charge is 0.465 e. The molecule has 1 N–H and O–H groups in total. The molecule has 0 radical (unpaired) electrons. The second-order valence-corrected chi connectivity index (χ2v) is 6.51. The number of para-hydroxylation sites is 2. The van der Waals surface area contributed by atoms with Crippen LogP contribution >= 0.6 is 0 Å². The zero-order chi connectivity index (χ0) is 22.2. The lowest BCUT2D eigenvalue weighted by Crippen LogP contribution is -2.28. The average molecular weight is 417 g/mol. The summed E-state index contributed by atoms with van der Waals surface area (Å²) in [6.45, 7) is 1.86. The van der Waals surface area contributed by atoms with Gasteiger partial charge in [-0.05, 0) is 37.3 Å². The molecule has 0 aromatic heterocycles. The first-order valence-corrected chi connectivity index (χ1v) is 9.56. The van der Waals surface area contributed by atoms with Crippen molar-refractivity contribution in [3.8, 4) is 0 Å². The van der Waals surface area contributed by atoms with Crippen LogP contribution in [0.15, 0.2) is 95.4 Å². The standard InChI is InChI=1S/C24H23N3O4/c1-17(25-26-18-11-5-4-6-12-18)19-13-7-8-15-21(19)27-16-10-9-14-20(23(28)30-2)22(27)24(29)31-3/h4-16,26H,1-3H3. The zero-order valence-corrected chi connectivity index (χ0v) is 17.5. The minimum absolute atomic E-state index is 0.0515. The summed E-state index contributed by atoms with van der Waals surface area (Å²) >= 11 is 0. The molecular weight excluding hydrogens is 394 g/mol. The second-order valence-electron chi connectivity index (χ2n) is 6.51. The molecule has 1 aliphatic heterocycles. The molecule has 0 aliphatic carbocycles. The summed E-state index contributed by atoms with van der Waals surface area (Å²) in [5.74, 6) is -1.30. The van der Waals surface area contributed by atoms with Crippen molar-refractivity contribution >= 4 is 29.0 Å². The van der Waals surface area contributed by atoms with Gasteiger partial charge in [0.05, 0.1) is 36.9 Å². The van der Waals surface area contributed by atoms with Gasteiger partial charge in [0.1, 0.15) is 5.70 Å². The van der Waals surface area contributed by atoms with E-state index in [1.165, 1.54) is 20.3 Å². The maximum Gasteiger partial charge on any atom is 0.355 e. The van der Waals surface area contributed by atoms with Crippen molar-refractivity contribution in [3.05, 3.63) is 95.9 Å². The number of hydrogen-bond acceptors (Lipinski definition) is 7. The molecule has 0 saturated heterocycles. The van der Waals surface area contributed by atoms with Crippen LogP contribution < -0.4 is 10.3 Å². The topological polar surface area (TPSA) is 80.2 Å². The van der Waals surface area contributed by atoms with Crippen LogP contribution in [-0.2, 0) is 19.1 Å². The summed E-state index contributed by atoms with van der Waals surface area (Å²) in [5.41, 5.74) is 6.13. The van der Waals surface area contributed by atoms with Crippen molar-refractivity contribution in [1.82, 2.24) is 0 Å². The third kappa shape index (κ3) is 4.90. The van der Waals surface area contributed by atoms with Crippen LogP contribution in [0.3, 0.4) is 0 Å². The van der Waals surface area contributed by atoms with Crippen LogP contribution in [0, 0.1) is 0 Å². The van der Waals surface area contributed by atoms with E-state index < -0.39 is 11.9 Å². The number of esters is 2. The molecular formula is C24H23N3O4. The van der Waals surface area contributed by atoms with E-state index >= 15 is 0 Å². The molecule has 2 aromatic rings. The number of carbonyl (C=O) groups is 2. The maximum atomic E-state index is 12.7. The van der Waals surface area contributed by atoms with Crippen LogP contribution in [0.25, 0.3) is 0 Å². The fraction of sp³-hybridized carbons (Fsp3) is 0.125. The molecule has 0 bridgehead atoms. The Hall–Kier alpha value is -4.13. The molecule has 0 spiro atoms. The summed E-state index contributed by atoms with van der Waals surface area (Å²) < 4.78 is 9.85. The van der Waals surface area contributed by atoms with E-state index in [4.69, 9.17) is 9.47 Å². The third-order valence-electron chi connectivity index (χ3n) is 4.57. The number of ether oxygens (including phenoxy) is 2. The van der Waals surface area contributed by atoms with Crippen LogP contribution in [-0.4, -0.2) is 31.9 Å². The van der Waals surface area contributed by atoms with Crippen molar-refractivity contribution in [1.29, 1.82) is 0 Å². The molecule has 1 aliphatic rings. The van der Waals surface area contributed by atoms with Crippen molar-refractivity contribution < 1.29 is 19.1 Å². The lowest BCUT2D eigenvalue weighted by molar-refractivity contribution is -0.139. The Bertz CT molecular complexity index is 1090. The van der Waals surface area contributed by atoms with E-state index in [2.05, 4.69) is 10.5 Å². The number of nitrogens with one attached hydrogen (secondary N) is 1. The lowest BCUT2D eigenvalue weighted by atomic mass is 10.1. The number of allylic oxidation sites excluding steroid dienone is 2. The highest BCUT2D eigenvalue weighted by Gasteiger charge is 2.28. The Morgan fingerprint density at radius 1 is 0.903 bits per heavy atom. The minimum Gasteiger partial charge on any atom is -0.465 e. The van der Waals surface area contributed by atoms with Crippen molar-refractivity contribution in [3.63, 3.8) is 0 Å². The molecule has 2 aromatic carbocycles. The van der Waals surface area contributed by atoms with E-state index in [-0.39, 0.29) is 11.3 Å². The molecule has 0 fully saturated rings. The predicted molar refractivity (Wildman–Crippen MR) is 121 cm³/mol. The van der Waals surface area contributed by atoms with E-state index in [0.717, 1.165) is 11.3 Å². The Morgan fingerprint density at radius 3 is 2.29 bits per heavy atom. The summed E-state index contributed by atoms with van der Waals surface area (Å²) in [7, 11) is 2.53. The molecule has 3 rings (SSSR count). The Balaban J connectivity index is 2.09. The SMILES string of the molecule is COC(=O)C1=C(C(=O)OC)N(c2ccccc2C(C)=NNc2ccccc2)C=CC=C1. The van der Waals surface area contributed by atoms with Gasteiger partial charge in [-0.2, -0.15) is 5.10 Å². The van der Waals surface area contributed by atoms with E-state index in [1.807, 2.05) is 61.5 Å². The Morgan fingerprint density at radius 2 is 1.58 bits per heavy atom. The number of nitrogens with zero attached hydrogens (tertiary/aromatic N) is 2. The molecule has 158 valence electrons. The number of hydrogen-bond donors (Lipinski definition) is 1. The first kappa shape index (κ1) is 21.6. The lowest BCUT2D eigenvalue weighted by Gasteiger charge is -2.25. The van der Waals surface area contributed by atoms with Gasteiger partial charge in [0, 0.05) is 11.8 Å². The van der Waals surface area contributed by atoms with Crippen LogP contribution in [0.2, 0.25) is 0 Å². The van der Waals surface area contributed by atoms with Crippen LogP contribution in [0.5, 0.6) is 0 Å². The smallest absolute Gasteiger partial charge is 0.355 e. The Labute approximate surface area is 181 Å². The number of anilines is 2. The average Bonchev–Trinajstić information content (AvgIpc) is 3.05. The monoisotopic (exact) mass is 417 g/mol. The fourth-order valence-corrected chi connectivity index (χ4v) is 3.06. The van der Waals surface area contributed by atoms with Gasteiger partial charge < -0.3 is 14.4 Å². The molecule has 31 heavy (non-hydrogen) atoms. The molecule has 1 heterocycles. The molecule has 7 nitrogen and oxygen atoms in total. The van der Waals surface area contributed by atoms with Gasteiger partial charge in [-0.15, -0.1) is 0 Å². The fourth-order valence-electron chi connectivity index (χ4n) is 3.06. The molecule has 0 saturated carbocycles. The van der Waals surface area contributed by atoms with E-state index in [9.17, 15) is 9.59 Å². The van der Waals surface area contributed by atoms with Gasteiger partial charge in [-0.1, -0.05) is 42.5 Å². The van der Waals surface area contributed by atoms with Crippen molar-refractivity contribution in [2.24, 2.45) is 5.10 Å². The van der Waals surface area contributed by atoms with Crippen LogP contribution in [0.4, 0.5) is 11.4 Å². The number of hydrazone groups is 1. The first-order valence-electron chi connectivity index (χ1n) is 9.56. The minimum atomic E-state index is -0.664. The number of carbonyl (C=O) groups excluding carboxylic acids is 2. The highest BCUT2D eigenvalue weighted by molar-refractivity contribution is 6.09. The van der Waals surface area contributed by atoms with Gasteiger partial charge >= 0.3 is 11.9 Å². The molecule has 7 heteroatoms. The molecule has 0 unspecified atom stereocenters. The Kier molecular flexibility index (Phi) is 7.01. The van der Waals surface area contributed by atoms with Crippen LogP contribution in [0.1, 0.15) is 12.5 Å². The predicted octanol–water partition coefficient (Wildman–Crippen LogP) is 4.01. The zero-order valence-electron chi connectivity index (χ0n) is 17.5. The highest BCUT2D eigenvalue weighted by atomic mass is 16.5. The number of methoxy groups -OCH3 is 2. The maximum absolute atomic E-state index is 12.7. The van der Waals surface area contributed by atoms with Gasteiger partial charge in [-0.3, -0.25) is 5.43 Å². The van der Waals surface area contributed by atoms with Gasteiger partial charge in [0.2, 0.25) is 0 Å².